The van der Waals surface area contributed by atoms with Crippen molar-refractivity contribution in [3.8, 4) is 0 Å². The SMILES string of the molecule is [2H]c1ncnn1CSC. The Balaban J connectivity index is 2.69. The summed E-state index contributed by atoms with van der Waals surface area (Å²) in [5.41, 5.74) is 0. The lowest BCUT2D eigenvalue weighted by atomic mass is 11.2. The van der Waals surface area contributed by atoms with Crippen molar-refractivity contribution in [2.45, 2.75) is 5.88 Å². The molecule has 3 nitrogen and oxygen atoms in total. The fraction of sp³-hybridized carbons (Fsp3) is 0.500. The molecule has 44 valence electrons. The van der Waals surface area contributed by atoms with Crippen molar-refractivity contribution in [3.05, 3.63) is 12.6 Å². The first-order valence-electron chi connectivity index (χ1n) is 2.68. The van der Waals surface area contributed by atoms with Crippen molar-refractivity contribution in [1.82, 2.24) is 14.8 Å². The van der Waals surface area contributed by atoms with Gasteiger partial charge < -0.3 is 0 Å². The minimum atomic E-state index is 0.226. The molecular formula is C4H7N3S. The minimum absolute atomic E-state index is 0.226. The molecule has 0 amide bonds. The van der Waals surface area contributed by atoms with Crippen LogP contribution in [0.2, 0.25) is 0 Å². The summed E-state index contributed by atoms with van der Waals surface area (Å²) in [6, 6.07) is 0. The zero-order valence-electron chi connectivity index (χ0n) is 5.53. The predicted octanol–water partition coefficient (Wildman–Crippen LogP) is 0.599. The van der Waals surface area contributed by atoms with E-state index >= 15 is 0 Å². The first-order valence-corrected chi connectivity index (χ1v) is 3.57. The summed E-state index contributed by atoms with van der Waals surface area (Å²) in [6.07, 6.45) is 3.57. The van der Waals surface area contributed by atoms with Crippen LogP contribution in [0.5, 0.6) is 0 Å². The van der Waals surface area contributed by atoms with Gasteiger partial charge in [0.05, 0.1) is 5.88 Å². The maximum Gasteiger partial charge on any atom is 0.137 e. The second kappa shape index (κ2) is 2.71. The topological polar surface area (TPSA) is 30.7 Å². The molecule has 0 saturated carbocycles. The van der Waals surface area contributed by atoms with Crippen LogP contribution in [-0.2, 0) is 5.88 Å². The van der Waals surface area contributed by atoms with Crippen LogP contribution in [0.1, 0.15) is 1.37 Å². The van der Waals surface area contributed by atoms with E-state index < -0.39 is 0 Å². The maximum absolute atomic E-state index is 7.13. The summed E-state index contributed by atoms with van der Waals surface area (Å²) in [6.45, 7) is 0. The first kappa shape index (κ1) is 4.38. The summed E-state index contributed by atoms with van der Waals surface area (Å²) in [5.74, 6) is 0.707. The lowest BCUT2D eigenvalue weighted by molar-refractivity contribution is 0.750. The van der Waals surface area contributed by atoms with Gasteiger partial charge in [0, 0.05) is 0 Å². The molecule has 1 aromatic heterocycles. The van der Waals surface area contributed by atoms with E-state index in [0.29, 0.717) is 5.88 Å². The molecule has 0 atom stereocenters. The lowest BCUT2D eigenvalue weighted by Crippen LogP contribution is -1.92. The van der Waals surface area contributed by atoms with Crippen LogP contribution in [-0.4, -0.2) is 21.0 Å². The molecular weight excluding hydrogens is 122 g/mol. The van der Waals surface area contributed by atoms with Gasteiger partial charge in [-0.15, -0.1) is 11.8 Å². The molecule has 0 aliphatic rings. The molecule has 8 heavy (non-hydrogen) atoms. The summed E-state index contributed by atoms with van der Waals surface area (Å²) in [4.78, 5) is 3.64. The highest BCUT2D eigenvalue weighted by atomic mass is 32.2. The smallest absolute Gasteiger partial charge is 0.137 e. The Hall–Kier alpha value is -0.510. The maximum atomic E-state index is 7.13. The lowest BCUT2D eigenvalue weighted by Gasteiger charge is -1.91. The minimum Gasteiger partial charge on any atom is -0.243 e. The van der Waals surface area contributed by atoms with E-state index in [0.717, 1.165) is 0 Å². The molecule has 4 heteroatoms. The van der Waals surface area contributed by atoms with Crippen LogP contribution < -0.4 is 0 Å². The van der Waals surface area contributed by atoms with E-state index in [1.807, 2.05) is 6.26 Å². The second-order valence-electron chi connectivity index (χ2n) is 1.28. The summed E-state index contributed by atoms with van der Waals surface area (Å²) < 4.78 is 8.66. The summed E-state index contributed by atoms with van der Waals surface area (Å²) in [5, 5.41) is 3.80. The van der Waals surface area contributed by atoms with Gasteiger partial charge in [-0.1, -0.05) is 0 Å². The Morgan fingerprint density at radius 2 is 2.88 bits per heavy atom. The van der Waals surface area contributed by atoms with E-state index in [4.69, 9.17) is 1.37 Å². The number of rotatable bonds is 2. The quantitative estimate of drug-likeness (QED) is 0.587. The standard InChI is InChI=1S/C4H7N3S/c1-8-4-7-3-5-2-6-7/h2-3H,4H2,1H3/i3D. The predicted molar refractivity (Wildman–Crippen MR) is 33.5 cm³/mol. The van der Waals surface area contributed by atoms with Crippen molar-refractivity contribution >= 4 is 11.8 Å². The van der Waals surface area contributed by atoms with Gasteiger partial charge in [0.1, 0.15) is 14.0 Å². The first-order chi connectivity index (χ1) is 4.34. The zero-order valence-corrected chi connectivity index (χ0v) is 5.35. The van der Waals surface area contributed by atoms with Gasteiger partial charge in [-0.3, -0.25) is 0 Å². The Morgan fingerprint density at radius 3 is 3.38 bits per heavy atom. The fourth-order valence-corrected chi connectivity index (χ4v) is 0.760. The van der Waals surface area contributed by atoms with Crippen molar-refractivity contribution < 1.29 is 1.37 Å². The van der Waals surface area contributed by atoms with E-state index in [-0.39, 0.29) is 6.30 Å². The fourth-order valence-electron chi connectivity index (χ4n) is 0.391. The molecule has 1 aromatic rings. The van der Waals surface area contributed by atoms with Crippen LogP contribution in [0.15, 0.2) is 12.6 Å². The van der Waals surface area contributed by atoms with Gasteiger partial charge in [-0.25, -0.2) is 9.67 Å². The third-order valence-electron chi connectivity index (χ3n) is 0.673. The van der Waals surface area contributed by atoms with Gasteiger partial charge in [0.25, 0.3) is 0 Å². The molecule has 0 fully saturated rings. The monoisotopic (exact) mass is 130 g/mol. The normalized spacial score (nSPS) is 11.4. The Bertz CT molecular complexity index is 188. The van der Waals surface area contributed by atoms with Crippen molar-refractivity contribution in [2.24, 2.45) is 0 Å². The molecule has 1 rings (SSSR count). The Kier molecular flexibility index (Phi) is 1.48. The van der Waals surface area contributed by atoms with Gasteiger partial charge in [-0.05, 0) is 6.26 Å². The molecule has 0 aromatic carbocycles. The number of thioether (sulfide) groups is 1. The highest BCUT2D eigenvalue weighted by Crippen LogP contribution is 1.94. The van der Waals surface area contributed by atoms with Crippen LogP contribution in [0.4, 0.5) is 0 Å². The van der Waals surface area contributed by atoms with Gasteiger partial charge in [-0.2, -0.15) is 5.10 Å². The number of aromatic nitrogens is 3. The molecule has 1 heterocycles. The highest BCUT2D eigenvalue weighted by Gasteiger charge is 1.83. The molecule has 0 unspecified atom stereocenters. The number of hydrogen-bond acceptors (Lipinski definition) is 3. The van der Waals surface area contributed by atoms with Crippen LogP contribution in [0.3, 0.4) is 0 Å². The van der Waals surface area contributed by atoms with Crippen LogP contribution in [0, 0.1) is 0 Å². The zero-order chi connectivity index (χ0) is 6.69. The van der Waals surface area contributed by atoms with Crippen molar-refractivity contribution in [1.29, 1.82) is 0 Å². The highest BCUT2D eigenvalue weighted by molar-refractivity contribution is 7.97. The molecule has 0 spiro atoms. The van der Waals surface area contributed by atoms with Gasteiger partial charge in [0.2, 0.25) is 0 Å². The Labute approximate surface area is 53.5 Å². The number of hydrogen-bond donors (Lipinski definition) is 0. The van der Waals surface area contributed by atoms with Crippen LogP contribution in [0.25, 0.3) is 0 Å². The number of nitrogens with zero attached hydrogens (tertiary/aromatic N) is 3. The molecule has 0 aliphatic carbocycles. The summed E-state index contributed by atoms with van der Waals surface area (Å²) in [7, 11) is 0. The van der Waals surface area contributed by atoms with E-state index in [1.165, 1.54) is 11.0 Å². The average molecular weight is 130 g/mol. The molecule has 0 N–H and O–H groups in total. The third-order valence-corrected chi connectivity index (χ3v) is 1.18. The molecule has 0 aliphatic heterocycles. The van der Waals surface area contributed by atoms with Crippen molar-refractivity contribution in [2.75, 3.05) is 6.26 Å². The largest absolute Gasteiger partial charge is 0.243 e. The van der Waals surface area contributed by atoms with E-state index in [2.05, 4.69) is 10.1 Å². The molecule has 0 bridgehead atoms. The van der Waals surface area contributed by atoms with Crippen molar-refractivity contribution in [3.63, 3.8) is 0 Å². The second-order valence-corrected chi connectivity index (χ2v) is 2.11. The third kappa shape index (κ3) is 1.23. The van der Waals surface area contributed by atoms with E-state index in [9.17, 15) is 0 Å². The van der Waals surface area contributed by atoms with Crippen LogP contribution >= 0.6 is 11.8 Å². The van der Waals surface area contributed by atoms with Gasteiger partial charge >= 0.3 is 0 Å². The van der Waals surface area contributed by atoms with Gasteiger partial charge in [0.15, 0.2) is 0 Å². The molecule has 0 saturated heterocycles. The molecule has 0 radical (unpaired) electrons. The summed E-state index contributed by atoms with van der Waals surface area (Å²) >= 11 is 1.61. The van der Waals surface area contributed by atoms with E-state index in [1.54, 1.807) is 11.8 Å². The Morgan fingerprint density at radius 1 is 2.00 bits per heavy atom. The average Bonchev–Trinajstić information content (AvgIpc) is 2.18.